The van der Waals surface area contributed by atoms with Crippen LogP contribution in [0.15, 0.2) is 0 Å². The second-order valence-corrected chi connectivity index (χ2v) is 3.62. The molecule has 1 aliphatic rings. The van der Waals surface area contributed by atoms with Crippen LogP contribution in [0.25, 0.3) is 0 Å². The van der Waals surface area contributed by atoms with Crippen molar-refractivity contribution in [1.82, 2.24) is 5.32 Å². The van der Waals surface area contributed by atoms with E-state index in [1.54, 1.807) is 0 Å². The molecule has 1 aliphatic heterocycles. The summed E-state index contributed by atoms with van der Waals surface area (Å²) in [4.78, 5) is 11.4. The van der Waals surface area contributed by atoms with Crippen molar-refractivity contribution in [1.29, 1.82) is 0 Å². The fourth-order valence-corrected chi connectivity index (χ4v) is 1.77. The lowest BCUT2D eigenvalue weighted by Crippen LogP contribution is -2.49. The van der Waals surface area contributed by atoms with Gasteiger partial charge in [-0.25, -0.2) is 0 Å². The highest BCUT2D eigenvalue weighted by Gasteiger charge is 2.33. The van der Waals surface area contributed by atoms with Crippen LogP contribution in [0.1, 0.15) is 26.2 Å². The van der Waals surface area contributed by atoms with Crippen molar-refractivity contribution in [3.05, 3.63) is 0 Å². The van der Waals surface area contributed by atoms with Gasteiger partial charge in [0.1, 0.15) is 0 Å². The average Bonchev–Trinajstić information content (AvgIpc) is 2.19. The largest absolute Gasteiger partial charge is 0.466 e. The van der Waals surface area contributed by atoms with Gasteiger partial charge in [0.15, 0.2) is 0 Å². The first-order chi connectivity index (χ1) is 6.72. The molecule has 0 amide bonds. The fourth-order valence-electron chi connectivity index (χ4n) is 1.77. The molecule has 1 heterocycles. The minimum Gasteiger partial charge on any atom is -0.466 e. The van der Waals surface area contributed by atoms with E-state index in [4.69, 9.17) is 9.47 Å². The van der Waals surface area contributed by atoms with Gasteiger partial charge in [0.2, 0.25) is 0 Å². The summed E-state index contributed by atoms with van der Waals surface area (Å²) in [7, 11) is 1.89. The average molecular weight is 201 g/mol. The van der Waals surface area contributed by atoms with Gasteiger partial charge in [-0.3, -0.25) is 4.79 Å². The maximum Gasteiger partial charge on any atom is 0.307 e. The summed E-state index contributed by atoms with van der Waals surface area (Å²) in [6.07, 6.45) is 2.20. The lowest BCUT2D eigenvalue weighted by Gasteiger charge is -2.36. The van der Waals surface area contributed by atoms with Gasteiger partial charge in [0.25, 0.3) is 0 Å². The summed E-state index contributed by atoms with van der Waals surface area (Å²) < 4.78 is 10.2. The van der Waals surface area contributed by atoms with E-state index in [-0.39, 0.29) is 11.5 Å². The van der Waals surface area contributed by atoms with E-state index in [2.05, 4.69) is 5.32 Å². The zero-order valence-corrected chi connectivity index (χ0v) is 8.97. The summed E-state index contributed by atoms with van der Waals surface area (Å²) in [5, 5.41) is 3.23. The first-order valence-corrected chi connectivity index (χ1v) is 5.15. The minimum absolute atomic E-state index is 0.107. The van der Waals surface area contributed by atoms with E-state index in [9.17, 15) is 4.79 Å². The molecular formula is C10H19NO3. The first kappa shape index (κ1) is 11.5. The lowest BCUT2D eigenvalue weighted by atomic mass is 9.87. The third kappa shape index (κ3) is 2.96. The number of ether oxygens (including phenoxy) is 2. The van der Waals surface area contributed by atoms with Gasteiger partial charge >= 0.3 is 5.97 Å². The van der Waals surface area contributed by atoms with Crippen LogP contribution in [0.5, 0.6) is 0 Å². The number of esters is 1. The summed E-state index contributed by atoms with van der Waals surface area (Å²) >= 11 is 0. The van der Waals surface area contributed by atoms with E-state index >= 15 is 0 Å². The van der Waals surface area contributed by atoms with Crippen molar-refractivity contribution in [2.24, 2.45) is 0 Å². The number of nitrogens with one attached hydrogen (secondary N) is 1. The van der Waals surface area contributed by atoms with Gasteiger partial charge in [-0.1, -0.05) is 0 Å². The molecule has 0 bridgehead atoms. The molecule has 0 aromatic rings. The van der Waals surface area contributed by atoms with Crippen LogP contribution in [0, 0.1) is 0 Å². The Bertz CT molecular complexity index is 188. The number of hydrogen-bond acceptors (Lipinski definition) is 4. The Balaban J connectivity index is 2.47. The van der Waals surface area contributed by atoms with Crippen molar-refractivity contribution >= 4 is 5.97 Å². The Morgan fingerprint density at radius 1 is 1.50 bits per heavy atom. The summed E-state index contributed by atoms with van der Waals surface area (Å²) in [6, 6.07) is 0. The molecule has 82 valence electrons. The third-order valence-electron chi connectivity index (χ3n) is 2.77. The van der Waals surface area contributed by atoms with E-state index in [0.717, 1.165) is 26.1 Å². The summed E-state index contributed by atoms with van der Waals surface area (Å²) in [5.74, 6) is -0.122. The first-order valence-electron chi connectivity index (χ1n) is 5.15. The molecule has 1 N–H and O–H groups in total. The summed E-state index contributed by atoms with van der Waals surface area (Å²) in [5.41, 5.74) is -0.107. The van der Waals surface area contributed by atoms with Crippen LogP contribution in [0.3, 0.4) is 0 Å². The van der Waals surface area contributed by atoms with Crippen LogP contribution >= 0.6 is 0 Å². The highest BCUT2D eigenvalue weighted by molar-refractivity contribution is 5.70. The topological polar surface area (TPSA) is 47.6 Å². The third-order valence-corrected chi connectivity index (χ3v) is 2.77. The minimum atomic E-state index is -0.122. The van der Waals surface area contributed by atoms with E-state index in [0.29, 0.717) is 13.0 Å². The van der Waals surface area contributed by atoms with Gasteiger partial charge < -0.3 is 14.8 Å². The number of carbonyl (C=O) groups excluding carboxylic acids is 1. The molecule has 1 saturated heterocycles. The lowest BCUT2D eigenvalue weighted by molar-refractivity contribution is -0.145. The van der Waals surface area contributed by atoms with Gasteiger partial charge in [-0.2, -0.15) is 0 Å². The maximum atomic E-state index is 11.4. The SMILES string of the molecule is CCOC(=O)CC1(NC)CCOCC1. The van der Waals surface area contributed by atoms with E-state index in [1.165, 1.54) is 0 Å². The van der Waals surface area contributed by atoms with Gasteiger partial charge in [0.05, 0.1) is 13.0 Å². The van der Waals surface area contributed by atoms with E-state index < -0.39 is 0 Å². The fraction of sp³-hybridized carbons (Fsp3) is 0.900. The molecule has 0 atom stereocenters. The normalized spacial score (nSPS) is 20.4. The zero-order valence-electron chi connectivity index (χ0n) is 8.97. The smallest absolute Gasteiger partial charge is 0.307 e. The van der Waals surface area contributed by atoms with Crippen LogP contribution < -0.4 is 5.32 Å². The molecule has 1 fully saturated rings. The molecule has 0 saturated carbocycles. The van der Waals surface area contributed by atoms with Gasteiger partial charge in [-0.15, -0.1) is 0 Å². The highest BCUT2D eigenvalue weighted by atomic mass is 16.5. The van der Waals surface area contributed by atoms with Crippen molar-refractivity contribution < 1.29 is 14.3 Å². The van der Waals surface area contributed by atoms with Crippen molar-refractivity contribution in [2.45, 2.75) is 31.7 Å². The van der Waals surface area contributed by atoms with Crippen molar-refractivity contribution in [3.63, 3.8) is 0 Å². The van der Waals surface area contributed by atoms with Crippen LogP contribution in [-0.4, -0.2) is 38.4 Å². The Morgan fingerprint density at radius 3 is 2.64 bits per heavy atom. The molecule has 4 heteroatoms. The molecule has 14 heavy (non-hydrogen) atoms. The monoisotopic (exact) mass is 201 g/mol. The van der Waals surface area contributed by atoms with E-state index in [1.807, 2.05) is 14.0 Å². The molecule has 4 nitrogen and oxygen atoms in total. The molecule has 0 aromatic heterocycles. The number of carbonyl (C=O) groups is 1. The Hall–Kier alpha value is -0.610. The molecule has 0 aliphatic carbocycles. The molecule has 1 rings (SSSR count). The predicted octanol–water partition coefficient (Wildman–Crippen LogP) is 0.708. The number of hydrogen-bond donors (Lipinski definition) is 1. The molecule has 0 spiro atoms. The standard InChI is InChI=1S/C10H19NO3/c1-3-14-9(12)8-10(11-2)4-6-13-7-5-10/h11H,3-8H2,1-2H3. The Morgan fingerprint density at radius 2 is 2.14 bits per heavy atom. The maximum absolute atomic E-state index is 11.4. The zero-order chi connectivity index (χ0) is 10.4. The van der Waals surface area contributed by atoms with Crippen molar-refractivity contribution in [2.75, 3.05) is 26.9 Å². The van der Waals surface area contributed by atoms with Crippen LogP contribution in [0.2, 0.25) is 0 Å². The van der Waals surface area contributed by atoms with Gasteiger partial charge in [-0.05, 0) is 26.8 Å². The molecule has 0 radical (unpaired) electrons. The Labute approximate surface area is 85.0 Å². The van der Waals surface area contributed by atoms with Crippen molar-refractivity contribution in [3.8, 4) is 0 Å². The van der Waals surface area contributed by atoms with Gasteiger partial charge in [0, 0.05) is 18.8 Å². The molecular weight excluding hydrogens is 182 g/mol. The number of rotatable bonds is 4. The molecule has 0 aromatic carbocycles. The quantitative estimate of drug-likeness (QED) is 0.680. The second kappa shape index (κ2) is 5.32. The predicted molar refractivity (Wildman–Crippen MR) is 53.1 cm³/mol. The Kier molecular flexibility index (Phi) is 4.35. The summed E-state index contributed by atoms with van der Waals surface area (Å²) in [6.45, 7) is 3.73. The van der Waals surface area contributed by atoms with Crippen LogP contribution in [0.4, 0.5) is 0 Å². The molecule has 0 unspecified atom stereocenters. The second-order valence-electron chi connectivity index (χ2n) is 3.62. The van der Waals surface area contributed by atoms with Crippen LogP contribution in [-0.2, 0) is 14.3 Å². The highest BCUT2D eigenvalue weighted by Crippen LogP contribution is 2.24.